The lowest BCUT2D eigenvalue weighted by molar-refractivity contribution is 0.373. The van der Waals surface area contributed by atoms with E-state index in [1.54, 1.807) is 0 Å². The van der Waals surface area contributed by atoms with Crippen molar-refractivity contribution in [3.63, 3.8) is 0 Å². The van der Waals surface area contributed by atoms with E-state index in [4.69, 9.17) is 0 Å². The lowest BCUT2D eigenvalue weighted by Gasteiger charge is -2.29. The normalized spacial score (nSPS) is 14.2. The van der Waals surface area contributed by atoms with E-state index in [0.717, 1.165) is 12.8 Å². The molecule has 0 radical (unpaired) electrons. The zero-order valence-corrected chi connectivity index (χ0v) is 9.91. The summed E-state index contributed by atoms with van der Waals surface area (Å²) in [6.45, 7) is 15.2. The molecule has 0 heterocycles. The second-order valence-corrected chi connectivity index (χ2v) is 4.76. The van der Waals surface area contributed by atoms with Gasteiger partial charge in [0, 0.05) is 11.6 Å². The van der Waals surface area contributed by atoms with E-state index in [0.29, 0.717) is 6.04 Å². The SMILES string of the molecule is C=C(CCC)C(CC)NC(C)(C)C. The Morgan fingerprint density at radius 2 is 1.85 bits per heavy atom. The monoisotopic (exact) mass is 183 g/mol. The Morgan fingerprint density at radius 1 is 1.31 bits per heavy atom. The molecule has 0 aromatic heterocycles. The Kier molecular flexibility index (Phi) is 5.31. The number of hydrogen-bond donors (Lipinski definition) is 1. The van der Waals surface area contributed by atoms with Gasteiger partial charge < -0.3 is 5.32 Å². The van der Waals surface area contributed by atoms with Gasteiger partial charge in [0.05, 0.1) is 0 Å². The van der Waals surface area contributed by atoms with E-state index >= 15 is 0 Å². The van der Waals surface area contributed by atoms with Gasteiger partial charge in [-0.25, -0.2) is 0 Å². The average Bonchev–Trinajstić information content (AvgIpc) is 1.99. The summed E-state index contributed by atoms with van der Waals surface area (Å²) in [5, 5.41) is 3.59. The second kappa shape index (κ2) is 5.43. The maximum absolute atomic E-state index is 4.14. The van der Waals surface area contributed by atoms with Gasteiger partial charge in [-0.2, -0.15) is 0 Å². The van der Waals surface area contributed by atoms with Crippen molar-refractivity contribution in [1.29, 1.82) is 0 Å². The molecule has 0 rings (SSSR count). The Balaban J connectivity index is 4.10. The van der Waals surface area contributed by atoms with E-state index in [1.807, 2.05) is 0 Å². The highest BCUT2D eigenvalue weighted by atomic mass is 15.0. The number of hydrogen-bond acceptors (Lipinski definition) is 1. The first-order chi connectivity index (χ1) is 5.90. The summed E-state index contributed by atoms with van der Waals surface area (Å²) in [4.78, 5) is 0. The van der Waals surface area contributed by atoms with Crippen molar-refractivity contribution < 1.29 is 0 Å². The van der Waals surface area contributed by atoms with Gasteiger partial charge in [-0.3, -0.25) is 0 Å². The highest BCUT2D eigenvalue weighted by Crippen LogP contribution is 2.14. The first-order valence-electron chi connectivity index (χ1n) is 5.36. The molecule has 13 heavy (non-hydrogen) atoms. The number of rotatable bonds is 5. The summed E-state index contributed by atoms with van der Waals surface area (Å²) in [6.07, 6.45) is 3.47. The van der Waals surface area contributed by atoms with E-state index in [-0.39, 0.29) is 5.54 Å². The second-order valence-electron chi connectivity index (χ2n) is 4.76. The van der Waals surface area contributed by atoms with E-state index in [9.17, 15) is 0 Å². The van der Waals surface area contributed by atoms with Crippen LogP contribution in [0.25, 0.3) is 0 Å². The van der Waals surface area contributed by atoms with Crippen LogP contribution >= 0.6 is 0 Å². The lowest BCUT2D eigenvalue weighted by Crippen LogP contribution is -2.44. The zero-order valence-electron chi connectivity index (χ0n) is 9.91. The predicted molar refractivity (Wildman–Crippen MR) is 61.0 cm³/mol. The van der Waals surface area contributed by atoms with Gasteiger partial charge in [0.25, 0.3) is 0 Å². The van der Waals surface area contributed by atoms with Crippen molar-refractivity contribution in [3.8, 4) is 0 Å². The first kappa shape index (κ1) is 12.7. The van der Waals surface area contributed by atoms with Crippen molar-refractivity contribution in [2.24, 2.45) is 0 Å². The molecule has 0 saturated heterocycles. The fourth-order valence-electron chi connectivity index (χ4n) is 1.51. The summed E-state index contributed by atoms with van der Waals surface area (Å²) in [5.41, 5.74) is 1.54. The van der Waals surface area contributed by atoms with E-state index in [2.05, 4.69) is 46.5 Å². The van der Waals surface area contributed by atoms with Crippen molar-refractivity contribution in [1.82, 2.24) is 5.32 Å². The zero-order chi connectivity index (χ0) is 10.5. The summed E-state index contributed by atoms with van der Waals surface area (Å²) in [5.74, 6) is 0. The van der Waals surface area contributed by atoms with Crippen molar-refractivity contribution in [3.05, 3.63) is 12.2 Å². The Bertz CT molecular complexity index is 153. The van der Waals surface area contributed by atoms with Crippen LogP contribution in [0.15, 0.2) is 12.2 Å². The Morgan fingerprint density at radius 3 is 2.15 bits per heavy atom. The molecule has 1 nitrogen and oxygen atoms in total. The summed E-state index contributed by atoms with van der Waals surface area (Å²) < 4.78 is 0. The maximum Gasteiger partial charge on any atom is 0.0278 e. The van der Waals surface area contributed by atoms with Crippen LogP contribution in [0.5, 0.6) is 0 Å². The third-order valence-electron chi connectivity index (χ3n) is 2.08. The summed E-state index contributed by atoms with van der Waals surface area (Å²) in [6, 6.07) is 0.486. The Labute approximate surface area is 83.6 Å². The lowest BCUT2D eigenvalue weighted by atomic mass is 9.98. The van der Waals surface area contributed by atoms with E-state index in [1.165, 1.54) is 12.0 Å². The largest absolute Gasteiger partial charge is 0.306 e. The van der Waals surface area contributed by atoms with Crippen LogP contribution in [0, 0.1) is 0 Å². The topological polar surface area (TPSA) is 12.0 Å². The number of nitrogens with one attached hydrogen (secondary N) is 1. The van der Waals surface area contributed by atoms with Crippen molar-refractivity contribution in [2.75, 3.05) is 0 Å². The molecule has 0 aliphatic heterocycles. The molecule has 0 aliphatic carbocycles. The third kappa shape index (κ3) is 5.87. The van der Waals surface area contributed by atoms with Crippen LogP contribution in [0.3, 0.4) is 0 Å². The van der Waals surface area contributed by atoms with Gasteiger partial charge in [0.15, 0.2) is 0 Å². The molecular weight excluding hydrogens is 158 g/mol. The van der Waals surface area contributed by atoms with Crippen LogP contribution in [-0.4, -0.2) is 11.6 Å². The molecule has 0 bridgehead atoms. The first-order valence-corrected chi connectivity index (χ1v) is 5.36. The quantitative estimate of drug-likeness (QED) is 0.643. The molecule has 1 N–H and O–H groups in total. The molecule has 1 atom stereocenters. The van der Waals surface area contributed by atoms with Gasteiger partial charge >= 0.3 is 0 Å². The molecule has 0 aromatic rings. The Hall–Kier alpha value is -0.300. The smallest absolute Gasteiger partial charge is 0.0278 e. The maximum atomic E-state index is 4.14. The molecule has 1 unspecified atom stereocenters. The van der Waals surface area contributed by atoms with Crippen LogP contribution in [-0.2, 0) is 0 Å². The minimum Gasteiger partial charge on any atom is -0.306 e. The standard InChI is InChI=1S/C12H25N/c1-7-9-10(3)11(8-2)13-12(4,5)6/h11,13H,3,7-9H2,1-2,4-6H3. The molecule has 0 saturated carbocycles. The third-order valence-corrected chi connectivity index (χ3v) is 2.08. The van der Waals surface area contributed by atoms with Crippen molar-refractivity contribution >= 4 is 0 Å². The molecular formula is C12H25N. The van der Waals surface area contributed by atoms with Gasteiger partial charge in [0.1, 0.15) is 0 Å². The van der Waals surface area contributed by atoms with E-state index < -0.39 is 0 Å². The van der Waals surface area contributed by atoms with Gasteiger partial charge in [-0.1, -0.05) is 32.4 Å². The van der Waals surface area contributed by atoms with Crippen LogP contribution in [0.1, 0.15) is 53.9 Å². The average molecular weight is 183 g/mol. The van der Waals surface area contributed by atoms with Gasteiger partial charge in [0.2, 0.25) is 0 Å². The van der Waals surface area contributed by atoms with Gasteiger partial charge in [-0.05, 0) is 33.6 Å². The molecule has 0 fully saturated rings. The van der Waals surface area contributed by atoms with Crippen molar-refractivity contribution in [2.45, 2.75) is 65.5 Å². The molecule has 0 amide bonds. The summed E-state index contributed by atoms with van der Waals surface area (Å²) >= 11 is 0. The molecule has 78 valence electrons. The molecule has 0 spiro atoms. The predicted octanol–water partition coefficient (Wildman–Crippen LogP) is 3.51. The summed E-state index contributed by atoms with van der Waals surface area (Å²) in [7, 11) is 0. The molecule has 0 aromatic carbocycles. The minimum absolute atomic E-state index is 0.192. The van der Waals surface area contributed by atoms with Gasteiger partial charge in [-0.15, -0.1) is 0 Å². The van der Waals surface area contributed by atoms with Crippen LogP contribution in [0.2, 0.25) is 0 Å². The highest BCUT2D eigenvalue weighted by Gasteiger charge is 2.17. The van der Waals surface area contributed by atoms with Crippen LogP contribution in [0.4, 0.5) is 0 Å². The van der Waals surface area contributed by atoms with Crippen LogP contribution < -0.4 is 5.32 Å². The minimum atomic E-state index is 0.192. The highest BCUT2D eigenvalue weighted by molar-refractivity contribution is 5.06. The fourth-order valence-corrected chi connectivity index (χ4v) is 1.51. The fraction of sp³-hybridized carbons (Fsp3) is 0.833. The molecule has 1 heteroatoms. The molecule has 0 aliphatic rings.